The molecule has 0 aromatic heterocycles. The monoisotopic (exact) mass is 315 g/mol. The zero-order valence-corrected chi connectivity index (χ0v) is 13.6. The van der Waals surface area contributed by atoms with Crippen molar-refractivity contribution >= 4 is 5.78 Å². The lowest BCUT2D eigenvalue weighted by Gasteiger charge is -2.50. The summed E-state index contributed by atoms with van der Waals surface area (Å²) in [6, 6.07) is 2.99. The quantitative estimate of drug-likeness (QED) is 0.843. The lowest BCUT2D eigenvalue weighted by Crippen LogP contribution is -2.63. The van der Waals surface area contributed by atoms with Crippen LogP contribution in [0.5, 0.6) is 11.5 Å². The third-order valence-corrected chi connectivity index (χ3v) is 5.53. The second kappa shape index (κ2) is 4.58. The van der Waals surface area contributed by atoms with Gasteiger partial charge in [-0.15, -0.1) is 0 Å². The first kappa shape index (κ1) is 14.7. The largest absolute Gasteiger partial charge is 0.493 e. The van der Waals surface area contributed by atoms with Crippen molar-refractivity contribution in [1.29, 1.82) is 0 Å². The lowest BCUT2D eigenvalue weighted by molar-refractivity contribution is -0.0769. The highest BCUT2D eigenvalue weighted by Crippen LogP contribution is 2.59. The number of methoxy groups -OCH3 is 1. The number of hydrogen-bond donors (Lipinski definition) is 1. The normalized spacial score (nSPS) is 34.4. The van der Waals surface area contributed by atoms with Crippen LogP contribution in [0.4, 0.5) is 0 Å². The van der Waals surface area contributed by atoms with Crippen LogP contribution in [-0.4, -0.2) is 54.7 Å². The molecule has 0 amide bonds. The van der Waals surface area contributed by atoms with Crippen molar-refractivity contribution in [2.45, 2.75) is 36.5 Å². The van der Waals surface area contributed by atoms with Crippen molar-refractivity contribution in [3.05, 3.63) is 35.4 Å². The molecule has 0 radical (unpaired) electrons. The summed E-state index contributed by atoms with van der Waals surface area (Å²) >= 11 is 0. The molecule has 1 aliphatic heterocycles. The molecule has 0 spiro atoms. The molecule has 3 aliphatic rings. The molecule has 1 fully saturated rings. The Morgan fingerprint density at radius 1 is 1.43 bits per heavy atom. The second-order valence-corrected chi connectivity index (χ2v) is 6.95. The summed E-state index contributed by atoms with van der Waals surface area (Å²) in [7, 11) is 5.26. The summed E-state index contributed by atoms with van der Waals surface area (Å²) in [6.45, 7) is 4.13. The average Bonchev–Trinajstić information content (AvgIpc) is 2.91. The van der Waals surface area contributed by atoms with E-state index in [1.165, 1.54) is 0 Å². The smallest absolute Gasteiger partial charge is 0.183 e. The number of nitrogens with zero attached hydrogens (tertiary/aromatic N) is 1. The van der Waals surface area contributed by atoms with Gasteiger partial charge in [0.05, 0.1) is 18.6 Å². The number of carbonyl (C=O) groups is 1. The average molecular weight is 315 g/mol. The van der Waals surface area contributed by atoms with Crippen molar-refractivity contribution in [2.75, 3.05) is 21.2 Å². The van der Waals surface area contributed by atoms with Crippen LogP contribution in [0.25, 0.3) is 0 Å². The Balaban J connectivity index is 2.01. The Hall–Kier alpha value is -1.85. The minimum Gasteiger partial charge on any atom is -0.493 e. The van der Waals surface area contributed by atoms with Gasteiger partial charge in [-0.1, -0.05) is 6.58 Å². The van der Waals surface area contributed by atoms with Crippen LogP contribution in [0.2, 0.25) is 0 Å². The standard InChI is InChI=1S/C18H21NO4/c1-9-7-8-18(21)13-12-10(14(20)17(18)19(2)3)5-6-11(22-4)16(12)23-15(9)13/h5-6,13,15,17,21H,1,7-8H2,2-4H3/t13?,15-,17+,18-/m0/s1. The molecule has 122 valence electrons. The van der Waals surface area contributed by atoms with Gasteiger partial charge in [0.15, 0.2) is 17.3 Å². The van der Waals surface area contributed by atoms with Crippen LogP contribution in [-0.2, 0) is 0 Å². The molecule has 5 heteroatoms. The molecular formula is C18H21NO4. The van der Waals surface area contributed by atoms with Crippen LogP contribution < -0.4 is 9.47 Å². The molecule has 0 saturated heterocycles. The fourth-order valence-corrected chi connectivity index (χ4v) is 4.58. The maximum atomic E-state index is 13.0. The summed E-state index contributed by atoms with van der Waals surface area (Å²) in [4.78, 5) is 14.9. The molecule has 1 N–H and O–H groups in total. The van der Waals surface area contributed by atoms with Crippen molar-refractivity contribution in [3.63, 3.8) is 0 Å². The van der Waals surface area contributed by atoms with Crippen molar-refractivity contribution in [2.24, 2.45) is 0 Å². The van der Waals surface area contributed by atoms with Crippen molar-refractivity contribution < 1.29 is 19.4 Å². The van der Waals surface area contributed by atoms with Gasteiger partial charge in [-0.05, 0) is 44.6 Å². The van der Waals surface area contributed by atoms with Gasteiger partial charge in [-0.2, -0.15) is 0 Å². The van der Waals surface area contributed by atoms with E-state index in [1.807, 2.05) is 19.0 Å². The topological polar surface area (TPSA) is 59.0 Å². The Morgan fingerprint density at radius 2 is 2.17 bits per heavy atom. The van der Waals surface area contributed by atoms with Gasteiger partial charge in [-0.3, -0.25) is 9.69 Å². The number of likely N-dealkylation sites (N-methyl/N-ethyl adjacent to an activating group) is 1. The Morgan fingerprint density at radius 3 is 2.83 bits per heavy atom. The summed E-state index contributed by atoms with van der Waals surface area (Å²) in [5.41, 5.74) is 1.25. The van der Waals surface area contributed by atoms with Crippen LogP contribution in [0, 0.1) is 0 Å². The molecule has 1 heterocycles. The van der Waals surface area contributed by atoms with Gasteiger partial charge in [-0.25, -0.2) is 0 Å². The first-order valence-corrected chi connectivity index (χ1v) is 7.88. The lowest BCUT2D eigenvalue weighted by atomic mass is 9.60. The van der Waals surface area contributed by atoms with Crippen molar-refractivity contribution in [3.8, 4) is 11.5 Å². The molecule has 0 bridgehead atoms. The van der Waals surface area contributed by atoms with Gasteiger partial charge in [0.1, 0.15) is 12.1 Å². The van der Waals surface area contributed by atoms with E-state index >= 15 is 0 Å². The van der Waals surface area contributed by atoms with Gasteiger partial charge in [0.2, 0.25) is 0 Å². The van der Waals surface area contributed by atoms with Crippen LogP contribution in [0.3, 0.4) is 0 Å². The van der Waals surface area contributed by atoms with Crippen molar-refractivity contribution in [1.82, 2.24) is 4.90 Å². The zero-order chi connectivity index (χ0) is 16.5. The first-order valence-electron chi connectivity index (χ1n) is 7.88. The second-order valence-electron chi connectivity index (χ2n) is 6.95. The molecule has 5 nitrogen and oxygen atoms in total. The van der Waals surface area contributed by atoms with Crippen LogP contribution in [0.15, 0.2) is 24.3 Å². The number of ketones is 1. The van der Waals surface area contributed by atoms with E-state index in [9.17, 15) is 9.90 Å². The summed E-state index contributed by atoms with van der Waals surface area (Å²) in [5.74, 6) is 0.870. The number of carbonyl (C=O) groups excluding carboxylic acids is 1. The van der Waals surface area contributed by atoms with E-state index in [4.69, 9.17) is 9.47 Å². The number of ether oxygens (including phenoxy) is 2. The number of rotatable bonds is 2. The molecule has 4 atom stereocenters. The van der Waals surface area contributed by atoms with Gasteiger partial charge < -0.3 is 14.6 Å². The Bertz CT molecular complexity index is 726. The highest BCUT2D eigenvalue weighted by atomic mass is 16.5. The molecule has 1 unspecified atom stereocenters. The van der Waals surface area contributed by atoms with Gasteiger partial charge in [0, 0.05) is 11.1 Å². The number of Topliss-reactive ketones (excluding diaryl/α,β-unsaturated/α-hetero) is 1. The molecule has 4 rings (SSSR count). The van der Waals surface area contributed by atoms with E-state index < -0.39 is 11.6 Å². The van der Waals surface area contributed by atoms with Crippen LogP contribution >= 0.6 is 0 Å². The number of benzene rings is 1. The van der Waals surface area contributed by atoms with E-state index in [0.29, 0.717) is 29.9 Å². The Labute approximate surface area is 135 Å². The van der Waals surface area contributed by atoms with E-state index in [2.05, 4.69) is 6.58 Å². The highest BCUT2D eigenvalue weighted by Gasteiger charge is 2.62. The predicted octanol–water partition coefficient (Wildman–Crippen LogP) is 1.75. The maximum Gasteiger partial charge on any atom is 0.183 e. The van der Waals surface area contributed by atoms with E-state index in [-0.39, 0.29) is 17.8 Å². The Kier molecular flexibility index (Phi) is 2.93. The molecule has 1 saturated carbocycles. The molecule has 1 aromatic rings. The maximum absolute atomic E-state index is 13.0. The fourth-order valence-electron chi connectivity index (χ4n) is 4.58. The fraction of sp³-hybridized carbons (Fsp3) is 0.500. The third kappa shape index (κ3) is 1.66. The minimum atomic E-state index is -1.14. The highest BCUT2D eigenvalue weighted by molar-refractivity contribution is 6.05. The predicted molar refractivity (Wildman–Crippen MR) is 85.3 cm³/mol. The third-order valence-electron chi connectivity index (χ3n) is 5.53. The number of aliphatic hydroxyl groups is 1. The minimum absolute atomic E-state index is 0.0515. The van der Waals surface area contributed by atoms with E-state index in [1.54, 1.807) is 19.2 Å². The van der Waals surface area contributed by atoms with E-state index in [0.717, 1.165) is 11.1 Å². The zero-order valence-electron chi connectivity index (χ0n) is 13.6. The molecule has 1 aromatic carbocycles. The summed E-state index contributed by atoms with van der Waals surface area (Å²) in [6.07, 6.45) is 0.872. The summed E-state index contributed by atoms with van der Waals surface area (Å²) < 4.78 is 11.5. The first-order chi connectivity index (χ1) is 10.9. The summed E-state index contributed by atoms with van der Waals surface area (Å²) in [5, 5.41) is 11.5. The molecular weight excluding hydrogens is 294 g/mol. The number of hydrogen-bond acceptors (Lipinski definition) is 5. The van der Waals surface area contributed by atoms with Crippen LogP contribution in [0.1, 0.15) is 34.7 Å². The molecule has 23 heavy (non-hydrogen) atoms. The van der Waals surface area contributed by atoms with Gasteiger partial charge in [0.25, 0.3) is 0 Å². The SMILES string of the molecule is C=C1CC[C@]2(O)C3c4c(ccc(OC)c4O[C@@H]13)C(=O)[C@H]2N(C)C. The molecule has 2 aliphatic carbocycles. The van der Waals surface area contributed by atoms with Gasteiger partial charge >= 0.3 is 0 Å².